The van der Waals surface area contributed by atoms with E-state index in [2.05, 4.69) is 22.4 Å². The lowest BCUT2D eigenvalue weighted by atomic mass is 9.85. The molecule has 1 aliphatic carbocycles. The van der Waals surface area contributed by atoms with Crippen molar-refractivity contribution < 1.29 is 9.59 Å². The first-order chi connectivity index (χ1) is 14.0. The van der Waals surface area contributed by atoms with E-state index in [0.717, 1.165) is 50.0 Å². The number of hydrogen-bond acceptors (Lipinski definition) is 3. The van der Waals surface area contributed by atoms with Crippen molar-refractivity contribution in [2.75, 3.05) is 6.54 Å². The Hall–Kier alpha value is -2.69. The van der Waals surface area contributed by atoms with Crippen LogP contribution in [0.3, 0.4) is 0 Å². The number of carbonyl (C=O) groups excluding carboxylic acids is 2. The molecule has 1 aliphatic heterocycles. The van der Waals surface area contributed by atoms with Gasteiger partial charge >= 0.3 is 0 Å². The number of pyridine rings is 1. The van der Waals surface area contributed by atoms with Crippen LogP contribution in [-0.4, -0.2) is 34.3 Å². The Kier molecular flexibility index (Phi) is 5.65. The molecule has 0 radical (unpaired) electrons. The van der Waals surface area contributed by atoms with Crippen molar-refractivity contribution >= 4 is 11.8 Å². The number of rotatable bonds is 4. The minimum atomic E-state index is -0.0232. The van der Waals surface area contributed by atoms with E-state index in [-0.39, 0.29) is 17.9 Å². The van der Waals surface area contributed by atoms with Gasteiger partial charge in [0.05, 0.1) is 12.0 Å². The molecular formula is C24H29N3O2. The van der Waals surface area contributed by atoms with E-state index < -0.39 is 0 Å². The second kappa shape index (κ2) is 8.36. The van der Waals surface area contributed by atoms with Gasteiger partial charge in [-0.1, -0.05) is 24.3 Å². The highest BCUT2D eigenvalue weighted by Gasteiger charge is 2.28. The highest BCUT2D eigenvalue weighted by molar-refractivity contribution is 5.95. The smallest absolute Gasteiger partial charge is 0.253 e. The van der Waals surface area contributed by atoms with Gasteiger partial charge in [0.25, 0.3) is 5.91 Å². The van der Waals surface area contributed by atoms with E-state index in [9.17, 15) is 9.59 Å². The van der Waals surface area contributed by atoms with Crippen LogP contribution in [0.5, 0.6) is 0 Å². The number of aromatic nitrogens is 1. The van der Waals surface area contributed by atoms with Crippen LogP contribution in [0.4, 0.5) is 0 Å². The maximum atomic E-state index is 12.6. The van der Waals surface area contributed by atoms with Crippen molar-refractivity contribution in [2.45, 2.75) is 58.5 Å². The molecule has 2 aromatic rings. The summed E-state index contributed by atoms with van der Waals surface area (Å²) >= 11 is 0. The van der Waals surface area contributed by atoms with E-state index in [1.54, 1.807) is 6.20 Å². The molecule has 0 spiro atoms. The summed E-state index contributed by atoms with van der Waals surface area (Å²) in [6.07, 6.45) is 6.33. The molecule has 1 fully saturated rings. The summed E-state index contributed by atoms with van der Waals surface area (Å²) in [6.45, 7) is 5.38. The van der Waals surface area contributed by atoms with Gasteiger partial charge in [-0.25, -0.2) is 0 Å². The van der Waals surface area contributed by atoms with Crippen LogP contribution < -0.4 is 5.32 Å². The molecule has 0 bridgehead atoms. The van der Waals surface area contributed by atoms with Gasteiger partial charge in [-0.2, -0.15) is 0 Å². The highest BCUT2D eigenvalue weighted by Crippen LogP contribution is 2.28. The second-order valence-electron chi connectivity index (χ2n) is 8.56. The van der Waals surface area contributed by atoms with Crippen molar-refractivity contribution in [3.8, 4) is 0 Å². The molecule has 29 heavy (non-hydrogen) atoms. The number of fused-ring (bicyclic) bond motifs is 1. The molecule has 5 nitrogen and oxygen atoms in total. The third-order valence-electron chi connectivity index (χ3n) is 6.30. The first kappa shape index (κ1) is 19.6. The summed E-state index contributed by atoms with van der Waals surface area (Å²) in [5.41, 5.74) is 4.88. The Labute approximate surface area is 172 Å². The Bertz CT molecular complexity index is 916. The third kappa shape index (κ3) is 4.50. The SMILES string of the molecule is Cc1cnc(C)c(C(=O)NC2CCC(CN3Cc4ccccc4CC3=O)CC2)c1. The molecule has 152 valence electrons. The summed E-state index contributed by atoms with van der Waals surface area (Å²) in [4.78, 5) is 31.5. The number of aryl methyl sites for hydroxylation is 2. The van der Waals surface area contributed by atoms with Gasteiger partial charge < -0.3 is 10.2 Å². The molecule has 2 amide bonds. The zero-order valence-electron chi connectivity index (χ0n) is 17.3. The molecule has 0 saturated heterocycles. The Balaban J connectivity index is 1.29. The van der Waals surface area contributed by atoms with E-state index in [4.69, 9.17) is 0 Å². The van der Waals surface area contributed by atoms with Crippen molar-refractivity contribution in [1.29, 1.82) is 0 Å². The molecule has 1 aromatic heterocycles. The van der Waals surface area contributed by atoms with Crippen LogP contribution >= 0.6 is 0 Å². The van der Waals surface area contributed by atoms with Crippen molar-refractivity contribution in [3.63, 3.8) is 0 Å². The largest absolute Gasteiger partial charge is 0.349 e. The normalized spacial score (nSPS) is 21.6. The molecular weight excluding hydrogens is 362 g/mol. The summed E-state index contributed by atoms with van der Waals surface area (Å²) in [5, 5.41) is 3.19. The summed E-state index contributed by atoms with van der Waals surface area (Å²) < 4.78 is 0. The molecule has 1 aromatic carbocycles. The minimum absolute atomic E-state index is 0.0232. The lowest BCUT2D eigenvalue weighted by Gasteiger charge is -2.35. The Morgan fingerprint density at radius 1 is 1.14 bits per heavy atom. The first-order valence-corrected chi connectivity index (χ1v) is 10.6. The number of nitrogens with zero attached hydrogens (tertiary/aromatic N) is 2. The fraction of sp³-hybridized carbons (Fsp3) is 0.458. The molecule has 1 saturated carbocycles. The van der Waals surface area contributed by atoms with Crippen molar-refractivity contribution in [1.82, 2.24) is 15.2 Å². The van der Waals surface area contributed by atoms with Crippen LogP contribution in [0, 0.1) is 19.8 Å². The number of nitrogens with one attached hydrogen (secondary N) is 1. The van der Waals surface area contributed by atoms with Gasteiger partial charge in [-0.05, 0) is 68.2 Å². The topological polar surface area (TPSA) is 62.3 Å². The monoisotopic (exact) mass is 391 g/mol. The zero-order chi connectivity index (χ0) is 20.4. The van der Waals surface area contributed by atoms with Gasteiger partial charge in [-0.3, -0.25) is 14.6 Å². The number of carbonyl (C=O) groups is 2. The maximum Gasteiger partial charge on any atom is 0.253 e. The fourth-order valence-electron chi connectivity index (χ4n) is 4.55. The average molecular weight is 392 g/mol. The zero-order valence-corrected chi connectivity index (χ0v) is 17.3. The minimum Gasteiger partial charge on any atom is -0.349 e. The van der Waals surface area contributed by atoms with Crippen LogP contribution in [0.25, 0.3) is 0 Å². The molecule has 0 atom stereocenters. The summed E-state index contributed by atoms with van der Waals surface area (Å²) in [6, 6.07) is 10.4. The standard InChI is InChI=1S/C24H29N3O2/c1-16-11-22(17(2)25-13-16)24(29)26-21-9-7-18(8-10-21)14-27-15-20-6-4-3-5-19(20)12-23(27)28/h3-6,11,13,18,21H,7-10,12,14-15H2,1-2H3,(H,26,29). The third-order valence-corrected chi connectivity index (χ3v) is 6.30. The molecule has 0 unspecified atom stereocenters. The molecule has 5 heteroatoms. The van der Waals surface area contributed by atoms with Crippen LogP contribution in [0.15, 0.2) is 36.5 Å². The average Bonchev–Trinajstić information content (AvgIpc) is 2.71. The van der Waals surface area contributed by atoms with E-state index in [1.165, 1.54) is 11.1 Å². The van der Waals surface area contributed by atoms with E-state index in [1.807, 2.05) is 36.9 Å². The van der Waals surface area contributed by atoms with E-state index in [0.29, 0.717) is 17.9 Å². The maximum absolute atomic E-state index is 12.6. The van der Waals surface area contributed by atoms with Crippen LogP contribution in [0.2, 0.25) is 0 Å². The quantitative estimate of drug-likeness (QED) is 0.867. The van der Waals surface area contributed by atoms with E-state index >= 15 is 0 Å². The number of amides is 2. The van der Waals surface area contributed by atoms with Crippen molar-refractivity contribution in [3.05, 3.63) is 64.5 Å². The van der Waals surface area contributed by atoms with Crippen LogP contribution in [0.1, 0.15) is 58.4 Å². The Morgan fingerprint density at radius 2 is 1.86 bits per heavy atom. The fourth-order valence-corrected chi connectivity index (χ4v) is 4.55. The Morgan fingerprint density at radius 3 is 2.62 bits per heavy atom. The summed E-state index contributed by atoms with van der Waals surface area (Å²) in [5.74, 6) is 0.728. The van der Waals surface area contributed by atoms with Gasteiger partial charge in [0.2, 0.25) is 5.91 Å². The van der Waals surface area contributed by atoms with Crippen molar-refractivity contribution in [2.24, 2.45) is 5.92 Å². The number of benzene rings is 1. The molecule has 4 rings (SSSR count). The lowest BCUT2D eigenvalue weighted by molar-refractivity contribution is -0.132. The van der Waals surface area contributed by atoms with Gasteiger partial charge in [0, 0.05) is 31.0 Å². The highest BCUT2D eigenvalue weighted by atomic mass is 16.2. The first-order valence-electron chi connectivity index (χ1n) is 10.6. The number of hydrogen-bond donors (Lipinski definition) is 1. The lowest BCUT2D eigenvalue weighted by Crippen LogP contribution is -2.42. The predicted molar refractivity (Wildman–Crippen MR) is 112 cm³/mol. The van der Waals surface area contributed by atoms with Gasteiger partial charge in [0.15, 0.2) is 0 Å². The second-order valence-corrected chi connectivity index (χ2v) is 8.56. The summed E-state index contributed by atoms with van der Waals surface area (Å²) in [7, 11) is 0. The van der Waals surface area contributed by atoms with Gasteiger partial charge in [0.1, 0.15) is 0 Å². The predicted octanol–water partition coefficient (Wildman–Crippen LogP) is 3.57. The van der Waals surface area contributed by atoms with Crippen LogP contribution in [-0.2, 0) is 17.8 Å². The van der Waals surface area contributed by atoms with Gasteiger partial charge in [-0.15, -0.1) is 0 Å². The molecule has 2 aliphatic rings. The molecule has 2 heterocycles. The molecule has 1 N–H and O–H groups in total.